The number of amides is 3. The highest BCUT2D eigenvalue weighted by atomic mass is 19.4. The number of rotatable bonds is 4. The van der Waals surface area contributed by atoms with Crippen molar-refractivity contribution in [1.29, 1.82) is 0 Å². The van der Waals surface area contributed by atoms with E-state index in [9.17, 15) is 27.6 Å². The summed E-state index contributed by atoms with van der Waals surface area (Å²) in [4.78, 5) is 38.0. The zero-order valence-electron chi connectivity index (χ0n) is 17.9. The summed E-state index contributed by atoms with van der Waals surface area (Å²) >= 11 is 0. The number of carbonyl (C=O) groups excluding carboxylic acids is 3. The molecule has 0 unspecified atom stereocenters. The molecule has 2 atom stereocenters. The fraction of sp³-hybridized carbons (Fsp3) is 0.550. The number of nitrogens with zero attached hydrogens (tertiary/aromatic N) is 1. The van der Waals surface area contributed by atoms with Crippen molar-refractivity contribution in [2.75, 3.05) is 18.9 Å². The second-order valence-corrected chi connectivity index (χ2v) is 8.22. The first kappa shape index (κ1) is 24.3. The summed E-state index contributed by atoms with van der Waals surface area (Å²) in [5, 5.41) is 4.87. The quantitative estimate of drug-likeness (QED) is 0.742. The average Bonchev–Trinajstić information content (AvgIpc) is 2.73. The van der Waals surface area contributed by atoms with Gasteiger partial charge in [0.25, 0.3) is 5.91 Å². The first-order valence-electron chi connectivity index (χ1n) is 9.59. The number of anilines is 1. The maximum atomic E-state index is 12.9. The summed E-state index contributed by atoms with van der Waals surface area (Å²) in [6.07, 6.45) is -6.13. The second-order valence-electron chi connectivity index (χ2n) is 8.22. The highest BCUT2D eigenvalue weighted by Gasteiger charge is 2.35. The molecule has 1 aromatic rings. The van der Waals surface area contributed by atoms with Gasteiger partial charge in [-0.2, -0.15) is 13.2 Å². The van der Waals surface area contributed by atoms with Crippen molar-refractivity contribution in [2.24, 2.45) is 0 Å². The molecule has 11 heteroatoms. The number of benzene rings is 1. The molecule has 0 saturated heterocycles. The van der Waals surface area contributed by atoms with Gasteiger partial charge in [-0.1, -0.05) is 0 Å². The zero-order chi connectivity index (χ0) is 23.6. The maximum absolute atomic E-state index is 12.9. The highest BCUT2D eigenvalue weighted by molar-refractivity contribution is 5.99. The van der Waals surface area contributed by atoms with Crippen LogP contribution in [-0.2, 0) is 20.5 Å². The summed E-state index contributed by atoms with van der Waals surface area (Å²) in [5.41, 5.74) is -1.75. The first-order valence-corrected chi connectivity index (χ1v) is 9.59. The normalized spacial score (nSPS) is 18.8. The smallest absolute Gasteiger partial charge is 0.416 e. The maximum Gasteiger partial charge on any atom is 0.416 e. The van der Waals surface area contributed by atoms with Crippen molar-refractivity contribution in [3.8, 4) is 5.75 Å². The van der Waals surface area contributed by atoms with E-state index in [0.29, 0.717) is 0 Å². The molecule has 0 aliphatic carbocycles. The van der Waals surface area contributed by atoms with Crippen LogP contribution in [0.4, 0.5) is 23.7 Å². The Labute approximate surface area is 178 Å². The number of carbonyl (C=O) groups is 3. The Morgan fingerprint density at radius 1 is 1.26 bits per heavy atom. The van der Waals surface area contributed by atoms with E-state index < -0.39 is 47.4 Å². The van der Waals surface area contributed by atoms with Gasteiger partial charge in [-0.05, 0) is 45.9 Å². The van der Waals surface area contributed by atoms with E-state index in [1.807, 2.05) is 0 Å². The van der Waals surface area contributed by atoms with Gasteiger partial charge in [-0.15, -0.1) is 0 Å². The number of nitrogens with one attached hydrogen (secondary N) is 2. The van der Waals surface area contributed by atoms with Gasteiger partial charge in [0.2, 0.25) is 5.91 Å². The molecule has 8 nitrogen and oxygen atoms in total. The molecule has 1 aromatic carbocycles. The third-order valence-electron chi connectivity index (χ3n) is 4.33. The molecule has 2 rings (SSSR count). The molecule has 0 bridgehead atoms. The Hall–Kier alpha value is -2.98. The Morgan fingerprint density at radius 3 is 2.48 bits per heavy atom. The van der Waals surface area contributed by atoms with Gasteiger partial charge in [0, 0.05) is 20.0 Å². The molecule has 172 valence electrons. The predicted octanol–water partition coefficient (Wildman–Crippen LogP) is 3.17. The molecular formula is C20H26F3N3O5. The van der Waals surface area contributed by atoms with Gasteiger partial charge in [0.1, 0.15) is 23.5 Å². The summed E-state index contributed by atoms with van der Waals surface area (Å²) in [6, 6.07) is 1.61. The number of ether oxygens (including phenoxy) is 2. The first-order chi connectivity index (χ1) is 14.2. The standard InChI is InChI=1S/C20H26F3N3O5/c1-11-16(25-15(27)8-9-26(5)18(29)31-19(2,3)4)17(28)24-13-10-12(20(21,22)23)6-7-14(13)30-11/h6-7,10-11,16H,8-9H2,1-5H3,(H,24,28)(H,25,27)/t11-,16-/m0/s1. The average molecular weight is 445 g/mol. The van der Waals surface area contributed by atoms with Crippen LogP contribution in [0.5, 0.6) is 5.75 Å². The minimum atomic E-state index is -4.58. The van der Waals surface area contributed by atoms with E-state index >= 15 is 0 Å². The molecule has 1 aliphatic heterocycles. The molecule has 0 fully saturated rings. The van der Waals surface area contributed by atoms with Gasteiger partial charge in [-0.3, -0.25) is 9.59 Å². The number of hydrogen-bond acceptors (Lipinski definition) is 5. The van der Waals surface area contributed by atoms with Gasteiger partial charge < -0.3 is 25.0 Å². The van der Waals surface area contributed by atoms with Crippen LogP contribution in [0.25, 0.3) is 0 Å². The lowest BCUT2D eigenvalue weighted by Crippen LogP contribution is -2.51. The third kappa shape index (κ3) is 6.76. The molecule has 3 amide bonds. The predicted molar refractivity (Wildman–Crippen MR) is 106 cm³/mol. The van der Waals surface area contributed by atoms with Crippen LogP contribution in [0.15, 0.2) is 18.2 Å². The molecule has 31 heavy (non-hydrogen) atoms. The van der Waals surface area contributed by atoms with Crippen molar-refractivity contribution >= 4 is 23.6 Å². The molecule has 0 saturated carbocycles. The van der Waals surface area contributed by atoms with E-state index in [0.717, 1.165) is 18.2 Å². The van der Waals surface area contributed by atoms with Gasteiger partial charge in [0.05, 0.1) is 11.3 Å². The van der Waals surface area contributed by atoms with E-state index in [2.05, 4.69) is 10.6 Å². The number of alkyl halides is 3. The largest absolute Gasteiger partial charge is 0.486 e. The van der Waals surface area contributed by atoms with Crippen molar-refractivity contribution in [1.82, 2.24) is 10.2 Å². The van der Waals surface area contributed by atoms with Crippen LogP contribution in [0.3, 0.4) is 0 Å². The molecule has 0 radical (unpaired) electrons. The Bertz CT molecular complexity index is 851. The van der Waals surface area contributed by atoms with Crippen molar-refractivity contribution in [2.45, 2.75) is 58.0 Å². The fourth-order valence-electron chi connectivity index (χ4n) is 2.73. The Morgan fingerprint density at radius 2 is 1.90 bits per heavy atom. The minimum absolute atomic E-state index is 0.0412. The fourth-order valence-corrected chi connectivity index (χ4v) is 2.73. The summed E-state index contributed by atoms with van der Waals surface area (Å²) in [7, 11) is 1.47. The zero-order valence-corrected chi connectivity index (χ0v) is 17.9. The second kappa shape index (κ2) is 9.03. The number of hydrogen-bond donors (Lipinski definition) is 2. The lowest BCUT2D eigenvalue weighted by atomic mass is 10.1. The van der Waals surface area contributed by atoms with Crippen molar-refractivity contribution in [3.05, 3.63) is 23.8 Å². The highest BCUT2D eigenvalue weighted by Crippen LogP contribution is 2.36. The Kier molecular flexibility index (Phi) is 7.07. The molecular weight excluding hydrogens is 419 g/mol. The van der Waals surface area contributed by atoms with Crippen molar-refractivity contribution in [3.63, 3.8) is 0 Å². The molecule has 0 spiro atoms. The molecule has 1 aliphatic rings. The summed E-state index contributed by atoms with van der Waals surface area (Å²) in [6.45, 7) is 6.71. The Balaban J connectivity index is 2.00. The number of fused-ring (bicyclic) bond motifs is 1. The van der Waals surface area contributed by atoms with Crippen LogP contribution in [0.1, 0.15) is 39.7 Å². The molecule has 0 aromatic heterocycles. The van der Waals surface area contributed by atoms with Gasteiger partial charge in [-0.25, -0.2) is 4.79 Å². The lowest BCUT2D eigenvalue weighted by molar-refractivity contribution is -0.137. The van der Waals surface area contributed by atoms with Crippen molar-refractivity contribution < 1.29 is 37.0 Å². The van der Waals surface area contributed by atoms with Crippen LogP contribution in [0, 0.1) is 0 Å². The van der Waals surface area contributed by atoms with E-state index in [1.165, 1.54) is 18.9 Å². The van der Waals surface area contributed by atoms with Crippen LogP contribution >= 0.6 is 0 Å². The monoisotopic (exact) mass is 445 g/mol. The topological polar surface area (TPSA) is 97.0 Å². The van der Waals surface area contributed by atoms with E-state index in [1.54, 1.807) is 20.8 Å². The number of halogens is 3. The van der Waals surface area contributed by atoms with Crippen LogP contribution in [0.2, 0.25) is 0 Å². The third-order valence-corrected chi connectivity index (χ3v) is 4.33. The lowest BCUT2D eigenvalue weighted by Gasteiger charge is -2.25. The van der Waals surface area contributed by atoms with Crippen LogP contribution < -0.4 is 15.4 Å². The van der Waals surface area contributed by atoms with Gasteiger partial charge in [0.15, 0.2) is 0 Å². The van der Waals surface area contributed by atoms with Gasteiger partial charge >= 0.3 is 12.3 Å². The summed E-state index contributed by atoms with van der Waals surface area (Å²) < 4.78 is 49.6. The minimum Gasteiger partial charge on any atom is -0.486 e. The van der Waals surface area contributed by atoms with Crippen LogP contribution in [-0.4, -0.2) is 54.1 Å². The van der Waals surface area contributed by atoms with E-state index in [-0.39, 0.29) is 24.4 Å². The molecule has 1 heterocycles. The SMILES string of the molecule is C[C@@H]1Oc2ccc(C(F)(F)F)cc2NC(=O)[C@H]1NC(=O)CCN(C)C(=O)OC(C)(C)C. The van der Waals surface area contributed by atoms with E-state index in [4.69, 9.17) is 9.47 Å². The summed E-state index contributed by atoms with van der Waals surface area (Å²) in [5.74, 6) is -1.18. The molecule has 2 N–H and O–H groups in total.